The molecule has 336 valence electrons. The smallest absolute Gasteiger partial charge is 0.305 e. The third kappa shape index (κ3) is 61.5. The SMILES string of the molecule is CCCCCCCCCCCCCCC(=O)O.CCCCCCCCCCCCCCC(=O)O.CCCCCCCCCCCCCCC(=O)OCC(O)CO. The Morgan fingerprint density at radius 3 is 0.804 bits per heavy atom. The minimum absolute atomic E-state index is 0.104. The van der Waals surface area contributed by atoms with E-state index in [1.54, 1.807) is 0 Å². The van der Waals surface area contributed by atoms with Crippen molar-refractivity contribution in [1.29, 1.82) is 0 Å². The Hall–Kier alpha value is -1.67. The first-order chi connectivity index (χ1) is 27.2. The maximum Gasteiger partial charge on any atom is 0.305 e. The molecule has 1 atom stereocenters. The van der Waals surface area contributed by atoms with E-state index in [0.29, 0.717) is 19.3 Å². The molecular formula is C48H96O8. The van der Waals surface area contributed by atoms with E-state index in [4.69, 9.17) is 25.2 Å². The molecule has 0 spiro atoms. The Balaban J connectivity index is -0.000000762. The first-order valence-electron chi connectivity index (χ1n) is 24.1. The van der Waals surface area contributed by atoms with Crippen LogP contribution in [0.2, 0.25) is 0 Å². The van der Waals surface area contributed by atoms with Gasteiger partial charge in [-0.2, -0.15) is 0 Å². The van der Waals surface area contributed by atoms with E-state index < -0.39 is 18.0 Å². The van der Waals surface area contributed by atoms with Crippen molar-refractivity contribution in [2.75, 3.05) is 13.2 Å². The molecule has 8 nitrogen and oxygen atoms in total. The van der Waals surface area contributed by atoms with Crippen LogP contribution in [0.4, 0.5) is 0 Å². The average Bonchev–Trinajstić information content (AvgIpc) is 3.18. The molecule has 0 saturated heterocycles. The van der Waals surface area contributed by atoms with Crippen LogP contribution in [0.15, 0.2) is 0 Å². The second-order valence-electron chi connectivity index (χ2n) is 16.2. The molecule has 0 fully saturated rings. The molecule has 0 amide bonds. The van der Waals surface area contributed by atoms with Crippen LogP contribution >= 0.6 is 0 Å². The average molecular weight is 801 g/mol. The molecular weight excluding hydrogens is 705 g/mol. The molecule has 8 heteroatoms. The van der Waals surface area contributed by atoms with E-state index in [1.807, 2.05) is 0 Å². The first-order valence-corrected chi connectivity index (χ1v) is 24.1. The van der Waals surface area contributed by atoms with Gasteiger partial charge in [0.15, 0.2) is 0 Å². The molecule has 0 saturated carbocycles. The number of hydrogen-bond acceptors (Lipinski definition) is 6. The topological polar surface area (TPSA) is 141 Å². The second kappa shape index (κ2) is 53.3. The lowest BCUT2D eigenvalue weighted by Gasteiger charge is -2.08. The minimum atomic E-state index is -0.953. The number of aliphatic hydroxyl groups is 2. The van der Waals surface area contributed by atoms with E-state index >= 15 is 0 Å². The number of unbranched alkanes of at least 4 members (excludes halogenated alkanes) is 33. The molecule has 1 unspecified atom stereocenters. The van der Waals surface area contributed by atoms with Crippen LogP contribution in [0.25, 0.3) is 0 Å². The Morgan fingerprint density at radius 1 is 0.375 bits per heavy atom. The fourth-order valence-corrected chi connectivity index (χ4v) is 6.66. The lowest BCUT2D eigenvalue weighted by Crippen LogP contribution is -2.21. The normalized spacial score (nSPS) is 11.3. The van der Waals surface area contributed by atoms with Crippen LogP contribution in [-0.4, -0.2) is 57.7 Å². The van der Waals surface area contributed by atoms with Crippen LogP contribution in [0.5, 0.6) is 0 Å². The minimum Gasteiger partial charge on any atom is -0.481 e. The molecule has 0 heterocycles. The summed E-state index contributed by atoms with van der Waals surface area (Å²) in [6.45, 7) is 6.28. The van der Waals surface area contributed by atoms with Crippen LogP contribution in [-0.2, 0) is 19.1 Å². The summed E-state index contributed by atoms with van der Waals surface area (Å²) in [4.78, 5) is 31.9. The van der Waals surface area contributed by atoms with Crippen molar-refractivity contribution in [3.63, 3.8) is 0 Å². The van der Waals surface area contributed by atoms with Crippen molar-refractivity contribution < 1.29 is 39.5 Å². The Labute approximate surface area is 347 Å². The van der Waals surface area contributed by atoms with Crippen molar-refractivity contribution >= 4 is 17.9 Å². The number of esters is 1. The zero-order valence-corrected chi connectivity index (χ0v) is 37.5. The third-order valence-electron chi connectivity index (χ3n) is 10.4. The highest BCUT2D eigenvalue weighted by Gasteiger charge is 2.07. The summed E-state index contributed by atoms with van der Waals surface area (Å²) < 4.78 is 4.85. The summed E-state index contributed by atoms with van der Waals surface area (Å²) >= 11 is 0. The monoisotopic (exact) mass is 801 g/mol. The Bertz CT molecular complexity index is 736. The van der Waals surface area contributed by atoms with Gasteiger partial charge in [-0.3, -0.25) is 14.4 Å². The van der Waals surface area contributed by atoms with Crippen molar-refractivity contribution in [3.8, 4) is 0 Å². The van der Waals surface area contributed by atoms with Crippen molar-refractivity contribution in [2.45, 2.75) is 277 Å². The van der Waals surface area contributed by atoms with Gasteiger partial charge >= 0.3 is 17.9 Å². The molecule has 0 aliphatic heterocycles. The van der Waals surface area contributed by atoms with Gasteiger partial charge in [-0.15, -0.1) is 0 Å². The largest absolute Gasteiger partial charge is 0.481 e. The number of hydrogen-bond donors (Lipinski definition) is 4. The van der Waals surface area contributed by atoms with Gasteiger partial charge in [0, 0.05) is 19.3 Å². The summed E-state index contributed by atoms with van der Waals surface area (Å²) in [6, 6.07) is 0. The van der Waals surface area contributed by atoms with E-state index in [-0.39, 0.29) is 19.2 Å². The van der Waals surface area contributed by atoms with Gasteiger partial charge in [0.05, 0.1) is 6.61 Å². The molecule has 0 bridgehead atoms. The summed E-state index contributed by atoms with van der Waals surface area (Å²) in [7, 11) is 0. The number of aliphatic carboxylic acids is 2. The van der Waals surface area contributed by atoms with Gasteiger partial charge < -0.3 is 25.2 Å². The fraction of sp³-hybridized carbons (Fsp3) is 0.938. The maximum absolute atomic E-state index is 11.3. The van der Waals surface area contributed by atoms with Gasteiger partial charge in [0.1, 0.15) is 12.7 Å². The number of aliphatic hydroxyl groups excluding tert-OH is 2. The quantitative estimate of drug-likeness (QED) is 0.0353. The Morgan fingerprint density at radius 2 is 0.589 bits per heavy atom. The summed E-state index contributed by atoms with van der Waals surface area (Å²) in [5, 5.41) is 34.6. The molecule has 0 aromatic carbocycles. The second-order valence-corrected chi connectivity index (χ2v) is 16.2. The van der Waals surface area contributed by atoms with Gasteiger partial charge in [0.2, 0.25) is 0 Å². The van der Waals surface area contributed by atoms with E-state index in [9.17, 15) is 14.4 Å². The number of carbonyl (C=O) groups excluding carboxylic acids is 1. The Kier molecular flexibility index (Phi) is 55.9. The summed E-state index contributed by atoms with van der Waals surface area (Å²) in [5.74, 6) is -1.59. The third-order valence-corrected chi connectivity index (χ3v) is 10.4. The van der Waals surface area contributed by atoms with Crippen LogP contribution in [0.3, 0.4) is 0 Å². The molecule has 0 aromatic heterocycles. The number of carboxylic acid groups (broad SMARTS) is 2. The molecule has 0 rings (SSSR count). The standard InChI is InChI=1S/C18H36O4.2C15H30O2/c1-2-3-4-5-6-7-8-9-10-11-12-13-14-18(21)22-16-17(20)15-19;2*1-2-3-4-5-6-7-8-9-10-11-12-13-14-15(16)17/h17,19-20H,2-16H2,1H3;2*2-14H2,1H3,(H,16,17). The maximum atomic E-state index is 11.3. The fourth-order valence-electron chi connectivity index (χ4n) is 6.66. The zero-order chi connectivity index (χ0) is 42.0. The molecule has 0 radical (unpaired) electrons. The number of carboxylic acids is 2. The highest BCUT2D eigenvalue weighted by Crippen LogP contribution is 2.15. The van der Waals surface area contributed by atoms with Crippen molar-refractivity contribution in [2.24, 2.45) is 0 Å². The summed E-state index contributed by atoms with van der Waals surface area (Å²) in [6.07, 6.45) is 46.3. The zero-order valence-electron chi connectivity index (χ0n) is 37.5. The molecule has 0 aromatic rings. The van der Waals surface area contributed by atoms with Crippen LogP contribution < -0.4 is 0 Å². The molecule has 0 aliphatic carbocycles. The highest BCUT2D eigenvalue weighted by atomic mass is 16.5. The first kappa shape index (κ1) is 58.6. The lowest BCUT2D eigenvalue weighted by atomic mass is 10.0. The predicted molar refractivity (Wildman–Crippen MR) is 236 cm³/mol. The summed E-state index contributed by atoms with van der Waals surface area (Å²) in [5.41, 5.74) is 0. The van der Waals surface area contributed by atoms with E-state index in [0.717, 1.165) is 38.5 Å². The number of rotatable bonds is 42. The van der Waals surface area contributed by atoms with Crippen molar-refractivity contribution in [1.82, 2.24) is 0 Å². The van der Waals surface area contributed by atoms with Gasteiger partial charge in [-0.1, -0.05) is 233 Å². The van der Waals surface area contributed by atoms with Crippen LogP contribution in [0.1, 0.15) is 271 Å². The van der Waals surface area contributed by atoms with Gasteiger partial charge in [0.25, 0.3) is 0 Å². The highest BCUT2D eigenvalue weighted by molar-refractivity contribution is 5.69. The molecule has 56 heavy (non-hydrogen) atoms. The molecule has 4 N–H and O–H groups in total. The van der Waals surface area contributed by atoms with E-state index in [2.05, 4.69) is 20.8 Å². The lowest BCUT2D eigenvalue weighted by molar-refractivity contribution is -0.147. The molecule has 0 aliphatic rings. The van der Waals surface area contributed by atoms with Gasteiger partial charge in [-0.25, -0.2) is 0 Å². The van der Waals surface area contributed by atoms with Gasteiger partial charge in [-0.05, 0) is 19.3 Å². The van der Waals surface area contributed by atoms with E-state index in [1.165, 1.54) is 193 Å². The van der Waals surface area contributed by atoms with Crippen molar-refractivity contribution in [3.05, 3.63) is 0 Å². The number of ether oxygens (including phenoxy) is 1. The predicted octanol–water partition coefficient (Wildman–Crippen LogP) is 14.3. The van der Waals surface area contributed by atoms with Crippen LogP contribution in [0, 0.1) is 0 Å². The number of carbonyl (C=O) groups is 3.